The zero-order valence-electron chi connectivity index (χ0n) is 14.2. The fourth-order valence-electron chi connectivity index (χ4n) is 2.39. The number of carboxylic acids is 1. The molecule has 2 rings (SSSR count). The molecular weight excluding hydrogens is 354 g/mol. The van der Waals surface area contributed by atoms with Gasteiger partial charge in [0.2, 0.25) is 5.91 Å². The Bertz CT molecular complexity index is 774. The summed E-state index contributed by atoms with van der Waals surface area (Å²) < 4.78 is 5.39. The summed E-state index contributed by atoms with van der Waals surface area (Å²) in [7, 11) is 0. The first-order valence-corrected chi connectivity index (χ1v) is 8.45. The molecule has 2 aromatic carbocycles. The number of hydrogen-bond donors (Lipinski definition) is 2. The van der Waals surface area contributed by atoms with Crippen molar-refractivity contribution in [3.63, 3.8) is 0 Å². The number of aliphatic carboxylic acids is 1. The Hall–Kier alpha value is -2.79. The average molecular weight is 374 g/mol. The van der Waals surface area contributed by atoms with E-state index in [1.807, 2.05) is 0 Å². The van der Waals surface area contributed by atoms with Gasteiger partial charge in [-0.15, -0.1) is 0 Å². The Morgan fingerprint density at radius 2 is 1.92 bits per heavy atom. The summed E-state index contributed by atoms with van der Waals surface area (Å²) >= 11 is 5.89. The second kappa shape index (κ2) is 9.63. The Balaban J connectivity index is 1.96. The lowest BCUT2D eigenvalue weighted by atomic mass is 10.1. The summed E-state index contributed by atoms with van der Waals surface area (Å²) in [5.74, 6) is -0.785. The molecule has 1 amide bonds. The van der Waals surface area contributed by atoms with Crippen molar-refractivity contribution in [3.05, 3.63) is 77.3 Å². The van der Waals surface area contributed by atoms with Gasteiger partial charge in [-0.05, 0) is 35.4 Å². The van der Waals surface area contributed by atoms with Crippen LogP contribution in [0.2, 0.25) is 5.02 Å². The molecule has 0 saturated carbocycles. The van der Waals surface area contributed by atoms with Crippen molar-refractivity contribution in [1.29, 1.82) is 0 Å². The van der Waals surface area contributed by atoms with Gasteiger partial charge in [0.1, 0.15) is 18.4 Å². The molecule has 0 fully saturated rings. The van der Waals surface area contributed by atoms with Crippen LogP contribution in [0.5, 0.6) is 5.75 Å². The third-order valence-electron chi connectivity index (χ3n) is 3.62. The molecule has 2 N–H and O–H groups in total. The third-order valence-corrected chi connectivity index (χ3v) is 3.85. The monoisotopic (exact) mass is 373 g/mol. The van der Waals surface area contributed by atoms with E-state index in [1.54, 1.807) is 54.6 Å². The summed E-state index contributed by atoms with van der Waals surface area (Å²) in [5.41, 5.74) is 1.51. The predicted molar refractivity (Wildman–Crippen MR) is 101 cm³/mol. The molecule has 136 valence electrons. The molecule has 0 aromatic heterocycles. The first kappa shape index (κ1) is 19.5. The van der Waals surface area contributed by atoms with Crippen LogP contribution in [0.25, 0.3) is 0 Å². The molecule has 6 heteroatoms. The quantitative estimate of drug-likeness (QED) is 0.661. The summed E-state index contributed by atoms with van der Waals surface area (Å²) in [6.45, 7) is 3.98. The minimum absolute atomic E-state index is 0.0681. The van der Waals surface area contributed by atoms with Crippen LogP contribution in [-0.4, -0.2) is 29.6 Å². The highest BCUT2D eigenvalue weighted by Gasteiger charge is 2.20. The SMILES string of the molecule is C=CCOc1ccc(C[C@H](NC(=O)Cc2cccc(Cl)c2)C(=O)O)cc1. The van der Waals surface area contributed by atoms with Gasteiger partial charge in [0.15, 0.2) is 0 Å². The van der Waals surface area contributed by atoms with E-state index in [0.717, 1.165) is 11.1 Å². The number of ether oxygens (including phenoxy) is 1. The largest absolute Gasteiger partial charge is 0.490 e. The summed E-state index contributed by atoms with van der Waals surface area (Å²) in [6, 6.07) is 13.0. The Labute approximate surface area is 157 Å². The van der Waals surface area contributed by atoms with Crippen LogP contribution in [0.3, 0.4) is 0 Å². The van der Waals surface area contributed by atoms with Gasteiger partial charge in [0.05, 0.1) is 6.42 Å². The summed E-state index contributed by atoms with van der Waals surface area (Å²) in [4.78, 5) is 23.6. The van der Waals surface area contributed by atoms with Crippen molar-refractivity contribution in [2.75, 3.05) is 6.61 Å². The lowest BCUT2D eigenvalue weighted by Crippen LogP contribution is -2.43. The van der Waals surface area contributed by atoms with Crippen LogP contribution in [0.4, 0.5) is 0 Å². The van der Waals surface area contributed by atoms with Gasteiger partial charge in [0, 0.05) is 11.4 Å². The normalized spacial score (nSPS) is 11.4. The predicted octanol–water partition coefficient (Wildman–Crippen LogP) is 3.26. The Kier molecular flexibility index (Phi) is 7.24. The fraction of sp³-hybridized carbons (Fsp3) is 0.200. The lowest BCUT2D eigenvalue weighted by Gasteiger charge is -2.15. The van der Waals surface area contributed by atoms with Gasteiger partial charge < -0.3 is 15.2 Å². The molecule has 0 bridgehead atoms. The van der Waals surface area contributed by atoms with Crippen LogP contribution in [0.1, 0.15) is 11.1 Å². The molecule has 2 aromatic rings. The zero-order chi connectivity index (χ0) is 18.9. The number of rotatable bonds is 9. The first-order valence-electron chi connectivity index (χ1n) is 8.07. The maximum absolute atomic E-state index is 12.2. The van der Waals surface area contributed by atoms with E-state index in [4.69, 9.17) is 16.3 Å². The molecule has 5 nitrogen and oxygen atoms in total. The maximum atomic E-state index is 12.2. The van der Waals surface area contributed by atoms with Crippen molar-refractivity contribution >= 4 is 23.5 Å². The standard InChI is InChI=1S/C20H20ClNO4/c1-2-10-26-17-8-6-14(7-9-17)12-18(20(24)25)22-19(23)13-15-4-3-5-16(21)11-15/h2-9,11,18H,1,10,12-13H2,(H,22,23)(H,24,25)/t18-/m0/s1. The van der Waals surface area contributed by atoms with Gasteiger partial charge >= 0.3 is 5.97 Å². The minimum Gasteiger partial charge on any atom is -0.490 e. The molecule has 0 spiro atoms. The van der Waals surface area contributed by atoms with Gasteiger partial charge in [-0.2, -0.15) is 0 Å². The highest BCUT2D eigenvalue weighted by atomic mass is 35.5. The number of carboxylic acid groups (broad SMARTS) is 1. The van der Waals surface area contributed by atoms with Gasteiger partial charge in [-0.1, -0.05) is 48.5 Å². The lowest BCUT2D eigenvalue weighted by molar-refractivity contribution is -0.141. The van der Waals surface area contributed by atoms with Crippen LogP contribution < -0.4 is 10.1 Å². The van der Waals surface area contributed by atoms with Crippen molar-refractivity contribution < 1.29 is 19.4 Å². The van der Waals surface area contributed by atoms with Crippen LogP contribution in [0.15, 0.2) is 61.2 Å². The van der Waals surface area contributed by atoms with E-state index in [9.17, 15) is 14.7 Å². The highest BCUT2D eigenvalue weighted by Crippen LogP contribution is 2.14. The number of amides is 1. The zero-order valence-corrected chi connectivity index (χ0v) is 14.9. The number of carbonyl (C=O) groups excluding carboxylic acids is 1. The molecule has 0 aliphatic rings. The van der Waals surface area contributed by atoms with E-state index in [1.165, 1.54) is 0 Å². The second-order valence-corrected chi connectivity index (χ2v) is 6.15. The van der Waals surface area contributed by atoms with Crippen molar-refractivity contribution in [3.8, 4) is 5.75 Å². The Morgan fingerprint density at radius 3 is 2.54 bits per heavy atom. The van der Waals surface area contributed by atoms with Gasteiger partial charge in [-0.3, -0.25) is 4.79 Å². The first-order chi connectivity index (χ1) is 12.5. The summed E-state index contributed by atoms with van der Waals surface area (Å²) in [6.07, 6.45) is 1.89. The van der Waals surface area contributed by atoms with Crippen molar-refractivity contribution in [1.82, 2.24) is 5.32 Å². The Morgan fingerprint density at radius 1 is 1.19 bits per heavy atom. The molecule has 0 radical (unpaired) electrons. The van der Waals surface area contributed by atoms with E-state index in [0.29, 0.717) is 17.4 Å². The number of carbonyl (C=O) groups is 2. The smallest absolute Gasteiger partial charge is 0.326 e. The molecule has 0 aliphatic heterocycles. The molecule has 0 unspecified atom stereocenters. The van der Waals surface area contributed by atoms with E-state index in [2.05, 4.69) is 11.9 Å². The minimum atomic E-state index is -1.09. The molecule has 1 atom stereocenters. The van der Waals surface area contributed by atoms with Crippen LogP contribution in [-0.2, 0) is 22.4 Å². The molecule has 0 aliphatic carbocycles. The van der Waals surface area contributed by atoms with Crippen molar-refractivity contribution in [2.45, 2.75) is 18.9 Å². The van der Waals surface area contributed by atoms with E-state index in [-0.39, 0.29) is 18.7 Å². The number of halogens is 1. The number of hydrogen-bond acceptors (Lipinski definition) is 3. The number of benzene rings is 2. The molecule has 0 saturated heterocycles. The molecule has 26 heavy (non-hydrogen) atoms. The van der Waals surface area contributed by atoms with Crippen LogP contribution >= 0.6 is 11.6 Å². The summed E-state index contributed by atoms with van der Waals surface area (Å²) in [5, 5.41) is 12.5. The van der Waals surface area contributed by atoms with Gasteiger partial charge in [0.25, 0.3) is 0 Å². The molecular formula is C20H20ClNO4. The second-order valence-electron chi connectivity index (χ2n) is 5.71. The van der Waals surface area contributed by atoms with Crippen LogP contribution in [0, 0.1) is 0 Å². The fourth-order valence-corrected chi connectivity index (χ4v) is 2.60. The highest BCUT2D eigenvalue weighted by molar-refractivity contribution is 6.30. The maximum Gasteiger partial charge on any atom is 0.326 e. The number of nitrogens with one attached hydrogen (secondary N) is 1. The topological polar surface area (TPSA) is 75.6 Å². The van der Waals surface area contributed by atoms with E-state index >= 15 is 0 Å². The van der Waals surface area contributed by atoms with Gasteiger partial charge in [-0.25, -0.2) is 4.79 Å². The average Bonchev–Trinajstić information content (AvgIpc) is 2.60. The van der Waals surface area contributed by atoms with E-state index < -0.39 is 12.0 Å². The molecule has 0 heterocycles. The van der Waals surface area contributed by atoms with Crippen molar-refractivity contribution in [2.24, 2.45) is 0 Å². The third kappa shape index (κ3) is 6.26.